The molecule has 8 heterocycles. The minimum Gasteiger partial charge on any atom is -0.356 e. The zero-order chi connectivity index (χ0) is 65.2. The standard InChI is InChI=1S/C57H71N23O10/c1-72(2)18-11-14-59-45(81)13-16-62-51(84)39-21-33(26-75(39)5)63-52(85)40-22-34(27-76(40)6)65-54(87)42-24-35(28-78(42)8)66-56(89)47-68-43(30-79(47)9)70-49(82)37(58)12-15-61-50(83)38-20-32(25-74(38)4)64-53(86)41-23-36(29-77(41)7)67-57(90)48-69-44(31-80(48)10)71-55(88)46-60-17-19-73(46)3/h17,19-31,37H,11-16,18,58H2,1-10H3,(H,59,81)(H,61,83)(H,62,84)(H,63,85)(H,64,86)(H,65,87)(H,66,89)(H,67,90)(H,70,82)(H,71,88)/t37-/m0/s1. The summed E-state index contributed by atoms with van der Waals surface area (Å²) >= 11 is 0. The molecule has 8 aromatic heterocycles. The second kappa shape index (κ2) is 28.0. The maximum absolute atomic E-state index is 13.5. The average molecular weight is 1240 g/mol. The van der Waals surface area contributed by atoms with E-state index in [1.54, 1.807) is 79.5 Å². The molecule has 0 aliphatic carbocycles. The van der Waals surface area contributed by atoms with E-state index in [1.807, 2.05) is 19.0 Å². The molecule has 0 bridgehead atoms. The van der Waals surface area contributed by atoms with Crippen molar-refractivity contribution in [3.8, 4) is 0 Å². The highest BCUT2D eigenvalue weighted by Crippen LogP contribution is 2.23. The van der Waals surface area contributed by atoms with Gasteiger partial charge < -0.3 is 100 Å². The van der Waals surface area contributed by atoms with Crippen molar-refractivity contribution in [3.63, 3.8) is 0 Å². The van der Waals surface area contributed by atoms with Crippen LogP contribution in [0.4, 0.5) is 40.1 Å². The number of anilines is 7. The van der Waals surface area contributed by atoms with Crippen molar-refractivity contribution < 1.29 is 47.9 Å². The predicted molar refractivity (Wildman–Crippen MR) is 331 cm³/mol. The van der Waals surface area contributed by atoms with E-state index in [0.29, 0.717) is 23.6 Å². The fraction of sp³-hybridized carbons (Fsp3) is 0.316. The summed E-state index contributed by atoms with van der Waals surface area (Å²) < 4.78 is 11.9. The molecule has 0 unspecified atom stereocenters. The lowest BCUT2D eigenvalue weighted by Gasteiger charge is -2.11. The molecule has 10 amide bonds. The Bertz CT molecular complexity index is 4060. The van der Waals surface area contributed by atoms with Gasteiger partial charge in [-0.15, -0.1) is 0 Å². The van der Waals surface area contributed by atoms with Crippen molar-refractivity contribution >= 4 is 99.1 Å². The highest BCUT2D eigenvalue weighted by atomic mass is 16.2. The Morgan fingerprint density at radius 2 is 0.811 bits per heavy atom. The number of imidazole rings is 3. The summed E-state index contributed by atoms with van der Waals surface area (Å²) in [6, 6.07) is 6.24. The Balaban J connectivity index is 0.758. The van der Waals surface area contributed by atoms with E-state index < -0.39 is 59.2 Å². The first-order chi connectivity index (χ1) is 42.7. The van der Waals surface area contributed by atoms with E-state index in [4.69, 9.17) is 5.73 Å². The van der Waals surface area contributed by atoms with Gasteiger partial charge >= 0.3 is 0 Å². The van der Waals surface area contributed by atoms with Crippen LogP contribution in [0.2, 0.25) is 0 Å². The van der Waals surface area contributed by atoms with Gasteiger partial charge in [-0.1, -0.05) is 0 Å². The molecule has 8 aromatic rings. The van der Waals surface area contributed by atoms with Gasteiger partial charge in [0.1, 0.15) is 28.5 Å². The third-order valence-electron chi connectivity index (χ3n) is 14.0. The van der Waals surface area contributed by atoms with Crippen LogP contribution in [0.5, 0.6) is 0 Å². The third kappa shape index (κ3) is 16.0. The highest BCUT2D eigenvalue weighted by Gasteiger charge is 2.25. The largest absolute Gasteiger partial charge is 0.356 e. The van der Waals surface area contributed by atoms with Gasteiger partial charge in [0, 0.05) is 138 Å². The van der Waals surface area contributed by atoms with Crippen LogP contribution in [0.1, 0.15) is 104 Å². The molecule has 0 aromatic carbocycles. The van der Waals surface area contributed by atoms with E-state index >= 15 is 0 Å². The molecule has 33 heteroatoms. The van der Waals surface area contributed by atoms with Gasteiger partial charge in [0.05, 0.1) is 34.5 Å². The monoisotopic (exact) mass is 1240 g/mol. The molecular formula is C57H71N23O10. The van der Waals surface area contributed by atoms with Crippen molar-refractivity contribution in [2.75, 3.05) is 77.5 Å². The van der Waals surface area contributed by atoms with Crippen molar-refractivity contribution in [2.45, 2.75) is 25.3 Å². The normalized spacial score (nSPS) is 11.4. The number of rotatable bonds is 26. The second-order valence-electron chi connectivity index (χ2n) is 21.5. The molecule has 0 spiro atoms. The molecule has 0 saturated heterocycles. The Morgan fingerprint density at radius 3 is 1.21 bits per heavy atom. The number of nitrogens with zero attached hydrogens (tertiary/aromatic N) is 12. The van der Waals surface area contributed by atoms with Crippen molar-refractivity contribution in [1.82, 2.24) is 72.3 Å². The lowest BCUT2D eigenvalue weighted by molar-refractivity contribution is -0.121. The quantitative estimate of drug-likeness (QED) is 0.0341. The third-order valence-corrected chi connectivity index (χ3v) is 14.0. The van der Waals surface area contributed by atoms with Crippen LogP contribution in [0.3, 0.4) is 0 Å². The Morgan fingerprint density at radius 1 is 0.433 bits per heavy atom. The summed E-state index contributed by atoms with van der Waals surface area (Å²) in [7, 11) is 16.8. The summed E-state index contributed by atoms with van der Waals surface area (Å²) in [5, 5.41) is 27.2. The molecule has 8 rings (SSSR count). The molecule has 0 saturated carbocycles. The van der Waals surface area contributed by atoms with Crippen LogP contribution in [0, 0.1) is 0 Å². The van der Waals surface area contributed by atoms with Gasteiger partial charge in [-0.25, -0.2) is 15.0 Å². The van der Waals surface area contributed by atoms with E-state index in [2.05, 4.69) is 68.1 Å². The van der Waals surface area contributed by atoms with Crippen LogP contribution in [-0.2, 0) is 66.0 Å². The van der Waals surface area contributed by atoms with E-state index in [0.717, 1.165) is 13.0 Å². The minimum absolute atomic E-state index is 0.00776. The first-order valence-electron chi connectivity index (χ1n) is 28.0. The fourth-order valence-electron chi connectivity index (χ4n) is 9.36. The van der Waals surface area contributed by atoms with Gasteiger partial charge in [0.25, 0.3) is 47.3 Å². The van der Waals surface area contributed by atoms with Crippen LogP contribution >= 0.6 is 0 Å². The zero-order valence-electron chi connectivity index (χ0n) is 51.1. The number of amides is 10. The predicted octanol–water partition coefficient (Wildman–Crippen LogP) is 1.37. The average Bonchev–Trinajstić information content (AvgIpc) is 2.82. The molecule has 1 atom stereocenters. The lowest BCUT2D eigenvalue weighted by atomic mass is 10.2. The minimum atomic E-state index is -1.11. The van der Waals surface area contributed by atoms with Gasteiger partial charge in [0.2, 0.25) is 23.5 Å². The highest BCUT2D eigenvalue weighted by molar-refractivity contribution is 6.10. The molecule has 12 N–H and O–H groups in total. The summed E-state index contributed by atoms with van der Waals surface area (Å²) in [6.07, 6.45) is 14.6. The maximum atomic E-state index is 13.5. The number of aryl methyl sites for hydroxylation is 8. The van der Waals surface area contributed by atoms with Gasteiger partial charge in [0.15, 0.2) is 17.5 Å². The van der Waals surface area contributed by atoms with Gasteiger partial charge in [-0.3, -0.25) is 47.9 Å². The zero-order valence-corrected chi connectivity index (χ0v) is 51.1. The maximum Gasteiger partial charge on any atom is 0.292 e. The van der Waals surface area contributed by atoms with Crippen molar-refractivity contribution in [2.24, 2.45) is 62.1 Å². The molecule has 474 valence electrons. The summed E-state index contributed by atoms with van der Waals surface area (Å²) in [5.74, 6) is -4.94. The van der Waals surface area contributed by atoms with Crippen LogP contribution in [0.25, 0.3) is 0 Å². The topological polar surface area (TPSA) is 398 Å². The number of hydrogen-bond donors (Lipinski definition) is 11. The number of nitrogens with one attached hydrogen (secondary N) is 10. The van der Waals surface area contributed by atoms with E-state index in [1.165, 1.54) is 99.5 Å². The number of hydrogen-bond acceptors (Lipinski definition) is 15. The lowest BCUT2D eigenvalue weighted by Crippen LogP contribution is -2.39. The molecule has 0 aliphatic heterocycles. The van der Waals surface area contributed by atoms with Crippen LogP contribution in [-0.4, -0.2) is 162 Å². The summed E-state index contributed by atoms with van der Waals surface area (Å²) in [4.78, 5) is 146. The molecule has 90 heavy (non-hydrogen) atoms. The number of carbonyl (C=O) groups is 10. The van der Waals surface area contributed by atoms with Crippen molar-refractivity contribution in [3.05, 3.63) is 132 Å². The summed E-state index contributed by atoms with van der Waals surface area (Å²) in [6.45, 7) is 1.49. The Labute approximate surface area is 514 Å². The van der Waals surface area contributed by atoms with Crippen molar-refractivity contribution in [1.29, 1.82) is 0 Å². The smallest absolute Gasteiger partial charge is 0.292 e. The SMILES string of the molecule is CN(C)CCCNC(=O)CCNC(=O)c1cc(NC(=O)c2cc(NC(=O)c3cc(NC(=O)c4nc(NC(=O)[C@@H](N)CCNC(=O)c5cc(NC(=O)c6cc(NC(=O)c7nc(NC(=O)c8nccn8C)cn7C)cn6C)cn5C)cn4C)cn3C)cn2C)cn1C. The van der Waals surface area contributed by atoms with E-state index in [9.17, 15) is 47.9 Å². The van der Waals surface area contributed by atoms with Crippen LogP contribution < -0.4 is 58.9 Å². The summed E-state index contributed by atoms with van der Waals surface area (Å²) in [5.41, 5.74) is 8.63. The number of nitrogens with two attached hydrogens (primary N) is 1. The molecule has 0 radical (unpaired) electrons. The Hall–Kier alpha value is -11.4. The number of carbonyl (C=O) groups excluding carboxylic acids is 10. The van der Waals surface area contributed by atoms with E-state index in [-0.39, 0.29) is 101 Å². The molecule has 0 fully saturated rings. The molecule has 33 nitrogen and oxygen atoms in total. The van der Waals surface area contributed by atoms with Gasteiger partial charge in [-0.05, 0) is 63.8 Å². The fourth-order valence-corrected chi connectivity index (χ4v) is 9.36. The second-order valence-corrected chi connectivity index (χ2v) is 21.5. The molecule has 0 aliphatic rings. The number of aromatic nitrogens is 11. The van der Waals surface area contributed by atoms with Crippen LogP contribution in [0.15, 0.2) is 86.1 Å². The first-order valence-corrected chi connectivity index (χ1v) is 28.0. The van der Waals surface area contributed by atoms with Gasteiger partial charge in [-0.2, -0.15) is 0 Å². The Kier molecular flexibility index (Phi) is 20.1. The molecular weight excluding hydrogens is 1170 g/mol. The first kappa shape index (κ1) is 64.6.